The SMILES string of the molecule is CCC(CC)CNC(=NC)NCc1nc(-c2cccc(Cl)c2)no1.I. The lowest BCUT2D eigenvalue weighted by Gasteiger charge is -2.15. The van der Waals surface area contributed by atoms with Gasteiger partial charge in [-0.1, -0.05) is 55.6 Å². The van der Waals surface area contributed by atoms with Gasteiger partial charge in [-0.05, 0) is 18.1 Å². The molecule has 0 amide bonds. The molecule has 0 radical (unpaired) electrons. The van der Waals surface area contributed by atoms with Crippen LogP contribution >= 0.6 is 35.6 Å². The molecule has 0 atom stereocenters. The molecule has 6 nitrogen and oxygen atoms in total. The summed E-state index contributed by atoms with van der Waals surface area (Å²) in [7, 11) is 1.74. The van der Waals surface area contributed by atoms with E-state index >= 15 is 0 Å². The lowest BCUT2D eigenvalue weighted by atomic mass is 10.0. The van der Waals surface area contributed by atoms with Crippen molar-refractivity contribution in [2.24, 2.45) is 10.9 Å². The maximum atomic E-state index is 5.98. The van der Waals surface area contributed by atoms with E-state index in [1.807, 2.05) is 18.2 Å². The van der Waals surface area contributed by atoms with Crippen LogP contribution in [0.25, 0.3) is 11.4 Å². The molecule has 8 heteroatoms. The van der Waals surface area contributed by atoms with E-state index in [4.69, 9.17) is 16.1 Å². The van der Waals surface area contributed by atoms with Gasteiger partial charge in [-0.15, -0.1) is 24.0 Å². The van der Waals surface area contributed by atoms with Gasteiger partial charge in [0.25, 0.3) is 0 Å². The molecular formula is C17H25ClIN5O. The number of nitrogens with zero attached hydrogens (tertiary/aromatic N) is 3. The molecule has 0 saturated carbocycles. The third-order valence-corrected chi connectivity index (χ3v) is 4.13. The predicted octanol–water partition coefficient (Wildman–Crippen LogP) is 4.11. The van der Waals surface area contributed by atoms with Crippen LogP contribution < -0.4 is 10.6 Å². The van der Waals surface area contributed by atoms with Crippen molar-refractivity contribution >= 4 is 41.5 Å². The molecule has 25 heavy (non-hydrogen) atoms. The predicted molar refractivity (Wildman–Crippen MR) is 112 cm³/mol. The fourth-order valence-electron chi connectivity index (χ4n) is 2.27. The zero-order valence-electron chi connectivity index (χ0n) is 14.8. The molecule has 0 aliphatic carbocycles. The Labute approximate surface area is 170 Å². The van der Waals surface area contributed by atoms with E-state index in [0.29, 0.717) is 29.2 Å². The highest BCUT2D eigenvalue weighted by Crippen LogP contribution is 2.19. The van der Waals surface area contributed by atoms with Crippen LogP contribution in [0.5, 0.6) is 0 Å². The summed E-state index contributed by atoms with van der Waals surface area (Å²) in [6.07, 6.45) is 2.29. The first-order valence-electron chi connectivity index (χ1n) is 8.19. The fraction of sp³-hybridized carbons (Fsp3) is 0.471. The lowest BCUT2D eigenvalue weighted by Crippen LogP contribution is -2.39. The van der Waals surface area contributed by atoms with E-state index in [0.717, 1.165) is 30.9 Å². The number of guanidine groups is 1. The molecule has 1 aromatic carbocycles. The summed E-state index contributed by atoms with van der Waals surface area (Å²) in [5.41, 5.74) is 0.828. The smallest absolute Gasteiger partial charge is 0.246 e. The monoisotopic (exact) mass is 477 g/mol. The Balaban J connectivity index is 0.00000312. The minimum atomic E-state index is 0. The van der Waals surface area contributed by atoms with Crippen LogP contribution in [0, 0.1) is 5.92 Å². The van der Waals surface area contributed by atoms with Gasteiger partial charge in [0.15, 0.2) is 5.96 Å². The molecule has 2 rings (SSSR count). The number of hydrogen-bond acceptors (Lipinski definition) is 4. The molecule has 0 aliphatic rings. The summed E-state index contributed by atoms with van der Waals surface area (Å²) in [5.74, 6) is 2.38. The van der Waals surface area contributed by atoms with Crippen molar-refractivity contribution in [3.8, 4) is 11.4 Å². The molecule has 0 saturated heterocycles. The molecular weight excluding hydrogens is 453 g/mol. The van der Waals surface area contributed by atoms with Crippen LogP contribution in [-0.4, -0.2) is 29.7 Å². The lowest BCUT2D eigenvalue weighted by molar-refractivity contribution is 0.375. The molecule has 1 aromatic heterocycles. The molecule has 0 aliphatic heterocycles. The van der Waals surface area contributed by atoms with Gasteiger partial charge in [0.2, 0.25) is 11.7 Å². The van der Waals surface area contributed by atoms with E-state index in [9.17, 15) is 0 Å². The van der Waals surface area contributed by atoms with Crippen LogP contribution in [0.4, 0.5) is 0 Å². The van der Waals surface area contributed by atoms with Crippen LogP contribution in [0.3, 0.4) is 0 Å². The zero-order valence-corrected chi connectivity index (χ0v) is 17.8. The fourth-order valence-corrected chi connectivity index (χ4v) is 2.46. The van der Waals surface area contributed by atoms with Crippen molar-refractivity contribution in [2.75, 3.05) is 13.6 Å². The first-order chi connectivity index (χ1) is 11.7. The molecule has 2 N–H and O–H groups in total. The second kappa shape index (κ2) is 11.3. The first-order valence-corrected chi connectivity index (χ1v) is 8.57. The van der Waals surface area contributed by atoms with Gasteiger partial charge in [-0.25, -0.2) is 0 Å². The number of aliphatic imine (C=N–C) groups is 1. The topological polar surface area (TPSA) is 75.3 Å². The van der Waals surface area contributed by atoms with Gasteiger partial charge in [-0.2, -0.15) is 4.98 Å². The van der Waals surface area contributed by atoms with Crippen molar-refractivity contribution in [3.63, 3.8) is 0 Å². The average Bonchev–Trinajstić information content (AvgIpc) is 3.07. The molecule has 0 bridgehead atoms. The van der Waals surface area contributed by atoms with Gasteiger partial charge < -0.3 is 15.2 Å². The molecule has 0 unspecified atom stereocenters. The minimum Gasteiger partial charge on any atom is -0.356 e. The largest absolute Gasteiger partial charge is 0.356 e. The number of hydrogen-bond donors (Lipinski definition) is 2. The summed E-state index contributed by atoms with van der Waals surface area (Å²) in [5, 5.41) is 11.1. The highest BCUT2D eigenvalue weighted by Gasteiger charge is 2.10. The Morgan fingerprint density at radius 1 is 1.28 bits per heavy atom. The van der Waals surface area contributed by atoms with Crippen LogP contribution in [0.1, 0.15) is 32.6 Å². The Bertz CT molecular complexity index is 673. The average molecular weight is 478 g/mol. The quantitative estimate of drug-likeness (QED) is 0.357. The van der Waals surface area contributed by atoms with Crippen molar-refractivity contribution in [1.82, 2.24) is 20.8 Å². The van der Waals surface area contributed by atoms with E-state index in [-0.39, 0.29) is 24.0 Å². The van der Waals surface area contributed by atoms with E-state index in [2.05, 4.69) is 39.6 Å². The van der Waals surface area contributed by atoms with Gasteiger partial charge in [0.05, 0.1) is 6.54 Å². The van der Waals surface area contributed by atoms with E-state index < -0.39 is 0 Å². The molecule has 0 fully saturated rings. The number of benzene rings is 1. The summed E-state index contributed by atoms with van der Waals surface area (Å²) in [6.45, 7) is 5.70. The highest BCUT2D eigenvalue weighted by atomic mass is 127. The summed E-state index contributed by atoms with van der Waals surface area (Å²) in [6, 6.07) is 7.36. The van der Waals surface area contributed by atoms with Gasteiger partial charge in [-0.3, -0.25) is 4.99 Å². The van der Waals surface area contributed by atoms with Gasteiger partial charge in [0.1, 0.15) is 0 Å². The Morgan fingerprint density at radius 3 is 2.68 bits per heavy atom. The summed E-state index contributed by atoms with van der Waals surface area (Å²) < 4.78 is 5.27. The van der Waals surface area contributed by atoms with Crippen molar-refractivity contribution in [1.29, 1.82) is 0 Å². The number of halogens is 2. The zero-order chi connectivity index (χ0) is 17.4. The molecule has 2 aromatic rings. The highest BCUT2D eigenvalue weighted by molar-refractivity contribution is 14.0. The van der Waals surface area contributed by atoms with E-state index in [1.165, 1.54) is 0 Å². The number of aromatic nitrogens is 2. The second-order valence-electron chi connectivity index (χ2n) is 5.51. The summed E-state index contributed by atoms with van der Waals surface area (Å²) >= 11 is 5.98. The maximum absolute atomic E-state index is 5.98. The number of nitrogens with one attached hydrogen (secondary N) is 2. The van der Waals surface area contributed by atoms with Crippen molar-refractivity contribution in [3.05, 3.63) is 35.2 Å². The Morgan fingerprint density at radius 2 is 2.04 bits per heavy atom. The van der Waals surface area contributed by atoms with Crippen LogP contribution in [0.2, 0.25) is 5.02 Å². The Kier molecular flexibility index (Phi) is 9.81. The first kappa shape index (κ1) is 21.7. The molecule has 1 heterocycles. The van der Waals surface area contributed by atoms with Crippen LogP contribution in [0.15, 0.2) is 33.8 Å². The molecule has 138 valence electrons. The number of rotatable bonds is 7. The van der Waals surface area contributed by atoms with Crippen molar-refractivity contribution in [2.45, 2.75) is 33.2 Å². The molecule has 0 spiro atoms. The maximum Gasteiger partial charge on any atom is 0.246 e. The van der Waals surface area contributed by atoms with Crippen molar-refractivity contribution < 1.29 is 4.52 Å². The second-order valence-corrected chi connectivity index (χ2v) is 5.95. The third kappa shape index (κ3) is 6.81. The van der Waals surface area contributed by atoms with Gasteiger partial charge in [0, 0.05) is 24.2 Å². The summed E-state index contributed by atoms with van der Waals surface area (Å²) in [4.78, 5) is 8.58. The Hall–Kier alpha value is -1.35. The normalized spacial score (nSPS) is 11.3. The van der Waals surface area contributed by atoms with E-state index in [1.54, 1.807) is 13.1 Å². The van der Waals surface area contributed by atoms with Gasteiger partial charge >= 0.3 is 0 Å². The standard InChI is InChI=1S/C17H24ClN5O.HI/c1-4-12(5-2)10-20-17(19-3)21-11-15-22-16(23-24-15)13-7-6-8-14(18)9-13;/h6-9,12H,4-5,10-11H2,1-3H3,(H2,19,20,21);1H. The third-order valence-electron chi connectivity index (χ3n) is 3.89. The van der Waals surface area contributed by atoms with Crippen LogP contribution in [-0.2, 0) is 6.54 Å². The minimum absolute atomic E-state index is 0.